The highest BCUT2D eigenvalue weighted by atomic mass is 79.9. The van der Waals surface area contributed by atoms with Crippen molar-refractivity contribution in [2.75, 3.05) is 11.9 Å². The van der Waals surface area contributed by atoms with Crippen molar-refractivity contribution in [2.45, 2.75) is 31.6 Å². The fourth-order valence-electron chi connectivity index (χ4n) is 1.43. The van der Waals surface area contributed by atoms with Gasteiger partial charge in [-0.05, 0) is 31.0 Å². The van der Waals surface area contributed by atoms with Crippen molar-refractivity contribution in [2.24, 2.45) is 0 Å². The van der Waals surface area contributed by atoms with Gasteiger partial charge in [-0.2, -0.15) is 0 Å². The Morgan fingerprint density at radius 2 is 2.13 bits per heavy atom. The molecule has 1 atom stereocenters. The standard InChI is InChI=1S/C12H17BrFN/c1-4-9(2)15(3)12-6-5-10(8-13)7-11(12)14/h5-7,9H,4,8H2,1-3H3. The Bertz CT molecular complexity index is 327. The Kier molecular flexibility index (Phi) is 4.58. The first kappa shape index (κ1) is 12.5. The van der Waals surface area contributed by atoms with Crippen molar-refractivity contribution in [3.05, 3.63) is 29.6 Å². The number of rotatable bonds is 4. The molecular formula is C12H17BrFN. The molecule has 0 spiro atoms. The number of hydrogen-bond acceptors (Lipinski definition) is 1. The topological polar surface area (TPSA) is 3.24 Å². The van der Waals surface area contributed by atoms with Gasteiger partial charge in [0.25, 0.3) is 0 Å². The van der Waals surface area contributed by atoms with Crippen LogP contribution < -0.4 is 4.90 Å². The first-order valence-corrected chi connectivity index (χ1v) is 6.29. The van der Waals surface area contributed by atoms with Gasteiger partial charge in [-0.15, -0.1) is 0 Å². The van der Waals surface area contributed by atoms with Crippen LogP contribution in [0.15, 0.2) is 18.2 Å². The minimum atomic E-state index is -0.144. The maximum atomic E-state index is 13.7. The van der Waals surface area contributed by atoms with Gasteiger partial charge >= 0.3 is 0 Å². The number of hydrogen-bond donors (Lipinski definition) is 0. The second kappa shape index (κ2) is 5.50. The third kappa shape index (κ3) is 2.94. The molecule has 0 aliphatic heterocycles. The zero-order valence-corrected chi connectivity index (χ0v) is 11.0. The van der Waals surface area contributed by atoms with Crippen LogP contribution in [0.2, 0.25) is 0 Å². The van der Waals surface area contributed by atoms with E-state index >= 15 is 0 Å². The van der Waals surface area contributed by atoms with Crippen molar-refractivity contribution in [3.8, 4) is 0 Å². The molecular weight excluding hydrogens is 257 g/mol. The largest absolute Gasteiger partial charge is 0.370 e. The summed E-state index contributed by atoms with van der Waals surface area (Å²) in [6.07, 6.45) is 1.01. The number of benzene rings is 1. The van der Waals surface area contributed by atoms with E-state index in [1.54, 1.807) is 6.07 Å². The molecule has 84 valence electrons. The lowest BCUT2D eigenvalue weighted by Gasteiger charge is -2.26. The van der Waals surface area contributed by atoms with Crippen molar-refractivity contribution < 1.29 is 4.39 Å². The summed E-state index contributed by atoms with van der Waals surface area (Å²) in [5, 5.41) is 0.692. The summed E-state index contributed by atoms with van der Waals surface area (Å²) in [5.41, 5.74) is 1.64. The van der Waals surface area contributed by atoms with Crippen molar-refractivity contribution >= 4 is 21.6 Å². The minimum Gasteiger partial charge on any atom is -0.370 e. The first-order chi connectivity index (χ1) is 7.10. The van der Waals surface area contributed by atoms with E-state index in [0.717, 1.165) is 12.0 Å². The minimum absolute atomic E-state index is 0.144. The van der Waals surface area contributed by atoms with Gasteiger partial charge in [0.15, 0.2) is 0 Å². The number of halogens is 2. The van der Waals surface area contributed by atoms with Gasteiger partial charge in [-0.25, -0.2) is 4.39 Å². The Morgan fingerprint density at radius 1 is 1.47 bits per heavy atom. The van der Waals surface area contributed by atoms with Crippen LogP contribution in [0.25, 0.3) is 0 Å². The van der Waals surface area contributed by atoms with Crippen LogP contribution >= 0.6 is 15.9 Å². The van der Waals surface area contributed by atoms with E-state index in [-0.39, 0.29) is 5.82 Å². The molecule has 1 nitrogen and oxygen atoms in total. The summed E-state index contributed by atoms with van der Waals surface area (Å²) in [6, 6.07) is 5.74. The number of anilines is 1. The Morgan fingerprint density at radius 3 is 2.60 bits per heavy atom. The van der Waals surface area contributed by atoms with Gasteiger partial charge in [0.05, 0.1) is 5.69 Å². The van der Waals surface area contributed by atoms with Gasteiger partial charge < -0.3 is 4.90 Å². The molecule has 1 rings (SSSR count). The van der Waals surface area contributed by atoms with E-state index in [4.69, 9.17) is 0 Å². The molecule has 1 unspecified atom stereocenters. The Hall–Kier alpha value is -0.570. The molecule has 0 aromatic heterocycles. The summed E-state index contributed by atoms with van der Waals surface area (Å²) >= 11 is 3.32. The molecule has 0 radical (unpaired) electrons. The van der Waals surface area contributed by atoms with Crippen molar-refractivity contribution in [1.82, 2.24) is 0 Å². The average molecular weight is 274 g/mol. The van der Waals surface area contributed by atoms with Gasteiger partial charge in [-0.3, -0.25) is 0 Å². The van der Waals surface area contributed by atoms with Crippen LogP contribution in [0.5, 0.6) is 0 Å². The predicted molar refractivity (Wildman–Crippen MR) is 67.2 cm³/mol. The van der Waals surface area contributed by atoms with Crippen LogP contribution in [0.1, 0.15) is 25.8 Å². The number of nitrogens with zero attached hydrogens (tertiary/aromatic N) is 1. The maximum Gasteiger partial charge on any atom is 0.146 e. The van der Waals surface area contributed by atoms with Crippen LogP contribution in [0.3, 0.4) is 0 Å². The molecule has 0 saturated heterocycles. The van der Waals surface area contributed by atoms with Gasteiger partial charge in [-0.1, -0.05) is 28.9 Å². The Balaban J connectivity index is 2.95. The molecule has 0 bridgehead atoms. The van der Waals surface area contributed by atoms with Crippen LogP contribution in [0, 0.1) is 5.82 Å². The quantitative estimate of drug-likeness (QED) is 0.751. The van der Waals surface area contributed by atoms with Crippen molar-refractivity contribution in [1.29, 1.82) is 0 Å². The molecule has 0 aliphatic rings. The van der Waals surface area contributed by atoms with E-state index in [1.807, 2.05) is 24.1 Å². The normalized spacial score (nSPS) is 12.6. The molecule has 15 heavy (non-hydrogen) atoms. The molecule has 0 amide bonds. The summed E-state index contributed by atoms with van der Waals surface area (Å²) in [7, 11) is 1.93. The lowest BCUT2D eigenvalue weighted by atomic mass is 10.1. The molecule has 0 N–H and O–H groups in total. The zero-order chi connectivity index (χ0) is 11.4. The van der Waals surface area contributed by atoms with Crippen LogP contribution in [-0.4, -0.2) is 13.1 Å². The van der Waals surface area contributed by atoms with Crippen LogP contribution in [-0.2, 0) is 5.33 Å². The lowest BCUT2D eigenvalue weighted by molar-refractivity contribution is 0.598. The average Bonchev–Trinajstić information content (AvgIpc) is 2.26. The smallest absolute Gasteiger partial charge is 0.146 e. The molecule has 0 aliphatic carbocycles. The second-order valence-electron chi connectivity index (χ2n) is 3.79. The molecule has 0 heterocycles. The van der Waals surface area contributed by atoms with Gasteiger partial charge in [0, 0.05) is 18.4 Å². The SMILES string of the molecule is CCC(C)N(C)c1ccc(CBr)cc1F. The highest BCUT2D eigenvalue weighted by Crippen LogP contribution is 2.22. The van der Waals surface area contributed by atoms with E-state index in [2.05, 4.69) is 29.8 Å². The summed E-state index contributed by atoms with van der Waals surface area (Å²) < 4.78 is 13.7. The molecule has 0 fully saturated rings. The third-order valence-corrected chi connectivity index (χ3v) is 3.45. The molecule has 0 saturated carbocycles. The number of alkyl halides is 1. The van der Waals surface area contributed by atoms with E-state index in [1.165, 1.54) is 0 Å². The van der Waals surface area contributed by atoms with E-state index in [9.17, 15) is 4.39 Å². The van der Waals surface area contributed by atoms with Gasteiger partial charge in [0.2, 0.25) is 0 Å². The fourth-order valence-corrected chi connectivity index (χ4v) is 1.78. The van der Waals surface area contributed by atoms with E-state index in [0.29, 0.717) is 17.1 Å². The van der Waals surface area contributed by atoms with Crippen LogP contribution in [0.4, 0.5) is 10.1 Å². The monoisotopic (exact) mass is 273 g/mol. The third-order valence-electron chi connectivity index (χ3n) is 2.80. The predicted octanol–water partition coefficient (Wildman–Crippen LogP) is 3.96. The maximum absolute atomic E-state index is 13.7. The Labute approximate surface area is 99.4 Å². The molecule has 1 aromatic carbocycles. The summed E-state index contributed by atoms with van der Waals surface area (Å²) in [4.78, 5) is 1.98. The summed E-state index contributed by atoms with van der Waals surface area (Å²) in [5.74, 6) is -0.144. The lowest BCUT2D eigenvalue weighted by Crippen LogP contribution is -2.28. The van der Waals surface area contributed by atoms with E-state index < -0.39 is 0 Å². The fraction of sp³-hybridized carbons (Fsp3) is 0.500. The summed E-state index contributed by atoms with van der Waals surface area (Å²) in [6.45, 7) is 4.20. The second-order valence-corrected chi connectivity index (χ2v) is 4.35. The van der Waals surface area contributed by atoms with Crippen molar-refractivity contribution in [3.63, 3.8) is 0 Å². The molecule has 1 aromatic rings. The van der Waals surface area contributed by atoms with Gasteiger partial charge in [0.1, 0.15) is 5.82 Å². The zero-order valence-electron chi connectivity index (χ0n) is 9.43. The highest BCUT2D eigenvalue weighted by molar-refractivity contribution is 9.08. The highest BCUT2D eigenvalue weighted by Gasteiger charge is 2.12. The molecule has 3 heteroatoms. The first-order valence-electron chi connectivity index (χ1n) is 5.17.